The second-order valence-corrected chi connectivity index (χ2v) is 5.47. The Kier molecular flexibility index (Phi) is 3.41. The van der Waals surface area contributed by atoms with Crippen molar-refractivity contribution in [3.8, 4) is 0 Å². The Bertz CT molecular complexity index is 705. The molecule has 0 spiro atoms. The van der Waals surface area contributed by atoms with E-state index in [0.717, 1.165) is 35.3 Å². The number of aryl methyl sites for hydroxylation is 1. The summed E-state index contributed by atoms with van der Waals surface area (Å²) in [4.78, 5) is 25.5. The van der Waals surface area contributed by atoms with Crippen LogP contribution in [0, 0.1) is 6.92 Å². The molecule has 1 atom stereocenters. The molecule has 0 bridgehead atoms. The van der Waals surface area contributed by atoms with E-state index in [1.54, 1.807) is 4.90 Å². The van der Waals surface area contributed by atoms with Crippen LogP contribution in [0.1, 0.15) is 25.5 Å². The van der Waals surface area contributed by atoms with Gasteiger partial charge in [-0.25, -0.2) is 0 Å². The van der Waals surface area contributed by atoms with Crippen molar-refractivity contribution in [1.82, 2.24) is 4.90 Å². The molecule has 2 heterocycles. The van der Waals surface area contributed by atoms with E-state index in [9.17, 15) is 9.59 Å². The molecule has 1 aromatic heterocycles. The van der Waals surface area contributed by atoms with Gasteiger partial charge in [-0.2, -0.15) is 0 Å². The van der Waals surface area contributed by atoms with E-state index >= 15 is 0 Å². The highest BCUT2D eigenvalue weighted by molar-refractivity contribution is 5.98. The first-order valence-electron chi connectivity index (χ1n) is 7.13. The molecule has 21 heavy (non-hydrogen) atoms. The van der Waals surface area contributed by atoms with Crippen molar-refractivity contribution in [3.63, 3.8) is 0 Å². The van der Waals surface area contributed by atoms with E-state index in [0.29, 0.717) is 6.54 Å². The molecule has 0 radical (unpaired) electrons. The lowest BCUT2D eigenvalue weighted by atomic mass is 10.2. The highest BCUT2D eigenvalue weighted by atomic mass is 16.3. The molecule has 1 N–H and O–H groups in total. The number of carbonyl (C=O) groups excluding carboxylic acids is 2. The highest BCUT2D eigenvalue weighted by Gasteiger charge is 2.32. The fourth-order valence-corrected chi connectivity index (χ4v) is 2.90. The average molecular weight is 286 g/mol. The maximum Gasteiger partial charge on any atom is 0.247 e. The molecule has 0 saturated carbocycles. The number of nitrogens with one attached hydrogen (secondary N) is 1. The fraction of sp³-hybridized carbons (Fsp3) is 0.375. The summed E-state index contributed by atoms with van der Waals surface area (Å²) in [7, 11) is 0. The molecule has 0 aliphatic carbocycles. The van der Waals surface area contributed by atoms with Crippen molar-refractivity contribution in [3.05, 3.63) is 30.0 Å². The Balaban J connectivity index is 1.77. The van der Waals surface area contributed by atoms with E-state index in [1.807, 2.05) is 31.2 Å². The lowest BCUT2D eigenvalue weighted by molar-refractivity contribution is -0.134. The van der Waals surface area contributed by atoms with Gasteiger partial charge >= 0.3 is 0 Å². The van der Waals surface area contributed by atoms with Gasteiger partial charge in [-0.3, -0.25) is 9.59 Å². The summed E-state index contributed by atoms with van der Waals surface area (Å²) in [6.07, 6.45) is 1.59. The van der Waals surface area contributed by atoms with E-state index in [4.69, 9.17) is 4.42 Å². The van der Waals surface area contributed by atoms with Crippen molar-refractivity contribution >= 4 is 28.5 Å². The normalized spacial score (nSPS) is 18.2. The summed E-state index contributed by atoms with van der Waals surface area (Å²) in [5, 5.41) is 3.85. The summed E-state index contributed by atoms with van der Waals surface area (Å²) < 4.78 is 5.51. The summed E-state index contributed by atoms with van der Waals surface area (Å²) in [6, 6.07) is 7.12. The van der Waals surface area contributed by atoms with Crippen molar-refractivity contribution in [2.45, 2.75) is 32.7 Å². The van der Waals surface area contributed by atoms with Gasteiger partial charge in [0, 0.05) is 24.5 Å². The van der Waals surface area contributed by atoms with Crippen molar-refractivity contribution in [2.24, 2.45) is 0 Å². The number of fused-ring (bicyclic) bond motifs is 1. The molecule has 1 aliphatic heterocycles. The van der Waals surface area contributed by atoms with E-state index in [-0.39, 0.29) is 17.9 Å². The number of rotatable bonds is 2. The van der Waals surface area contributed by atoms with E-state index < -0.39 is 0 Å². The summed E-state index contributed by atoms with van der Waals surface area (Å²) >= 11 is 0. The number of amides is 2. The lowest BCUT2D eigenvalue weighted by Crippen LogP contribution is -2.42. The molecule has 1 aliphatic rings. The van der Waals surface area contributed by atoms with Crippen LogP contribution in [0.2, 0.25) is 0 Å². The van der Waals surface area contributed by atoms with Crippen molar-refractivity contribution in [1.29, 1.82) is 0 Å². The van der Waals surface area contributed by atoms with Gasteiger partial charge in [-0.05, 0) is 44.0 Å². The largest absolute Gasteiger partial charge is 0.461 e. The SMILES string of the molecule is CC(=O)N1CCC[C@H]1C(=O)Nc1ccc2oc(C)cc2c1. The zero-order chi connectivity index (χ0) is 15.0. The van der Waals surface area contributed by atoms with Crippen LogP contribution in [0.15, 0.2) is 28.7 Å². The molecule has 3 rings (SSSR count). The summed E-state index contributed by atoms with van der Waals surface area (Å²) in [5.74, 6) is 0.669. The molecule has 5 heteroatoms. The number of hydrogen-bond acceptors (Lipinski definition) is 3. The third kappa shape index (κ3) is 2.63. The number of likely N-dealkylation sites (tertiary alicyclic amines) is 1. The molecule has 110 valence electrons. The molecule has 1 saturated heterocycles. The predicted octanol–water partition coefficient (Wildman–Crippen LogP) is 2.69. The Morgan fingerprint density at radius 2 is 2.14 bits per heavy atom. The standard InChI is InChI=1S/C16H18N2O3/c1-10-8-12-9-13(5-6-15(12)21-10)17-16(20)14-4-3-7-18(14)11(2)19/h5-6,8-9,14H,3-4,7H2,1-2H3,(H,17,20)/t14-/m0/s1. The smallest absolute Gasteiger partial charge is 0.247 e. The van der Waals surface area contributed by atoms with Crippen LogP contribution in [0.25, 0.3) is 11.0 Å². The van der Waals surface area contributed by atoms with Gasteiger partial charge in [0.1, 0.15) is 17.4 Å². The number of carbonyl (C=O) groups is 2. The number of hydrogen-bond donors (Lipinski definition) is 1. The van der Waals surface area contributed by atoms with Crippen molar-refractivity contribution in [2.75, 3.05) is 11.9 Å². The molecule has 1 aromatic carbocycles. The molecule has 0 unspecified atom stereocenters. The molecular formula is C16H18N2O3. The molecule has 2 aromatic rings. The molecule has 5 nitrogen and oxygen atoms in total. The Labute approximate surface area is 122 Å². The van der Waals surface area contributed by atoms with Crippen LogP contribution < -0.4 is 5.32 Å². The maximum absolute atomic E-state index is 12.3. The fourth-order valence-electron chi connectivity index (χ4n) is 2.90. The minimum atomic E-state index is -0.357. The van der Waals surface area contributed by atoms with Gasteiger partial charge in [-0.1, -0.05) is 0 Å². The van der Waals surface area contributed by atoms with Gasteiger partial charge < -0.3 is 14.6 Å². The van der Waals surface area contributed by atoms with Gasteiger partial charge in [-0.15, -0.1) is 0 Å². The van der Waals surface area contributed by atoms with Gasteiger partial charge in [0.25, 0.3) is 0 Å². The number of anilines is 1. The van der Waals surface area contributed by atoms with Crippen LogP contribution in [0.4, 0.5) is 5.69 Å². The highest BCUT2D eigenvalue weighted by Crippen LogP contribution is 2.24. The first-order chi connectivity index (χ1) is 10.0. The van der Waals surface area contributed by atoms with Crippen LogP contribution >= 0.6 is 0 Å². The van der Waals surface area contributed by atoms with Gasteiger partial charge in [0.05, 0.1) is 0 Å². The van der Waals surface area contributed by atoms with Gasteiger partial charge in [0.15, 0.2) is 0 Å². The van der Waals surface area contributed by atoms with Crippen LogP contribution in [0.5, 0.6) is 0 Å². The lowest BCUT2D eigenvalue weighted by Gasteiger charge is -2.22. The minimum absolute atomic E-state index is 0.0476. The predicted molar refractivity (Wildman–Crippen MR) is 80.0 cm³/mol. The molecule has 1 fully saturated rings. The molecule has 2 amide bonds. The van der Waals surface area contributed by atoms with Crippen LogP contribution in [0.3, 0.4) is 0 Å². The second-order valence-electron chi connectivity index (χ2n) is 5.47. The van der Waals surface area contributed by atoms with E-state index in [1.165, 1.54) is 6.92 Å². The number of nitrogens with zero attached hydrogens (tertiary/aromatic N) is 1. The van der Waals surface area contributed by atoms with Crippen LogP contribution in [-0.4, -0.2) is 29.3 Å². The monoisotopic (exact) mass is 286 g/mol. The quantitative estimate of drug-likeness (QED) is 0.923. The summed E-state index contributed by atoms with van der Waals surface area (Å²) in [6.45, 7) is 4.06. The zero-order valence-corrected chi connectivity index (χ0v) is 12.2. The second kappa shape index (κ2) is 5.24. The number of furan rings is 1. The van der Waals surface area contributed by atoms with Gasteiger partial charge in [0.2, 0.25) is 11.8 Å². The Hall–Kier alpha value is -2.30. The Morgan fingerprint density at radius 1 is 1.33 bits per heavy atom. The third-order valence-electron chi connectivity index (χ3n) is 3.87. The number of benzene rings is 1. The van der Waals surface area contributed by atoms with Crippen molar-refractivity contribution < 1.29 is 14.0 Å². The topological polar surface area (TPSA) is 62.6 Å². The average Bonchev–Trinajstić information content (AvgIpc) is 3.03. The van der Waals surface area contributed by atoms with Crippen LogP contribution in [-0.2, 0) is 9.59 Å². The first kappa shape index (κ1) is 13.7. The third-order valence-corrected chi connectivity index (χ3v) is 3.87. The summed E-state index contributed by atoms with van der Waals surface area (Å²) in [5.41, 5.74) is 1.53. The first-order valence-corrected chi connectivity index (χ1v) is 7.13. The van der Waals surface area contributed by atoms with E-state index in [2.05, 4.69) is 5.32 Å². The maximum atomic E-state index is 12.3. The Morgan fingerprint density at radius 3 is 2.90 bits per heavy atom. The zero-order valence-electron chi connectivity index (χ0n) is 12.2. The minimum Gasteiger partial charge on any atom is -0.461 e. The molecular weight excluding hydrogens is 268 g/mol.